The first kappa shape index (κ1) is 20.6. The zero-order valence-corrected chi connectivity index (χ0v) is 15.9. The maximum atomic E-state index is 12.1. The van der Waals surface area contributed by atoms with Gasteiger partial charge >= 0.3 is 5.97 Å². The third kappa shape index (κ3) is 6.21. The fraction of sp³-hybridized carbons (Fsp3) is 0.300. The minimum absolute atomic E-state index is 0.0345. The molecule has 0 fully saturated rings. The van der Waals surface area contributed by atoms with Gasteiger partial charge in [0.05, 0.1) is 10.6 Å². The summed E-state index contributed by atoms with van der Waals surface area (Å²) in [6.45, 7) is 1.59. The molecule has 0 aliphatic carbocycles. The van der Waals surface area contributed by atoms with Crippen LogP contribution in [0.2, 0.25) is 0 Å². The lowest BCUT2D eigenvalue weighted by atomic mass is 10.1. The third-order valence-corrected chi connectivity index (χ3v) is 5.97. The topological polar surface area (TPSA) is 101 Å². The summed E-state index contributed by atoms with van der Waals surface area (Å²) in [5, 5.41) is 11.9. The predicted molar refractivity (Wildman–Crippen MR) is 102 cm³/mol. The Hall–Kier alpha value is -2.67. The van der Waals surface area contributed by atoms with Gasteiger partial charge in [0.1, 0.15) is 6.04 Å². The van der Waals surface area contributed by atoms with Gasteiger partial charge in [0.2, 0.25) is 5.91 Å². The van der Waals surface area contributed by atoms with Crippen molar-refractivity contribution in [2.75, 3.05) is 5.75 Å². The van der Waals surface area contributed by atoms with Crippen molar-refractivity contribution in [2.24, 2.45) is 0 Å². The molecule has 1 atom stereocenters. The summed E-state index contributed by atoms with van der Waals surface area (Å²) >= 11 is 0. The number of nitrogens with one attached hydrogen (secondary N) is 1. The van der Waals surface area contributed by atoms with E-state index in [2.05, 4.69) is 5.32 Å². The van der Waals surface area contributed by atoms with Crippen LogP contribution < -0.4 is 5.32 Å². The number of hydrogen-bond donors (Lipinski definition) is 2. The van der Waals surface area contributed by atoms with Gasteiger partial charge in [-0.15, -0.1) is 0 Å². The van der Waals surface area contributed by atoms with E-state index in [0.29, 0.717) is 6.42 Å². The lowest BCUT2D eigenvalue weighted by molar-refractivity contribution is -0.141. The number of carboxylic acids is 1. The Morgan fingerprint density at radius 2 is 1.63 bits per heavy atom. The Morgan fingerprint density at radius 3 is 2.19 bits per heavy atom. The summed E-state index contributed by atoms with van der Waals surface area (Å²) in [5.74, 6) is -1.41. The molecule has 2 N–H and O–H groups in total. The number of benzene rings is 2. The molecule has 2 aromatic carbocycles. The molecule has 0 aliphatic rings. The molecule has 0 heterocycles. The van der Waals surface area contributed by atoms with Crippen molar-refractivity contribution in [1.82, 2.24) is 5.32 Å². The molecule has 7 heteroatoms. The van der Waals surface area contributed by atoms with Crippen LogP contribution in [0.5, 0.6) is 0 Å². The van der Waals surface area contributed by atoms with E-state index in [4.69, 9.17) is 0 Å². The average Bonchev–Trinajstić information content (AvgIpc) is 2.67. The van der Waals surface area contributed by atoms with E-state index in [0.717, 1.165) is 11.1 Å². The van der Waals surface area contributed by atoms with Gasteiger partial charge < -0.3 is 10.4 Å². The minimum Gasteiger partial charge on any atom is -0.480 e. The highest BCUT2D eigenvalue weighted by Crippen LogP contribution is 2.13. The molecular formula is C20H23NO5S. The fourth-order valence-corrected chi connectivity index (χ4v) is 3.49. The van der Waals surface area contributed by atoms with Crippen LogP contribution in [0.3, 0.4) is 0 Å². The van der Waals surface area contributed by atoms with Crippen molar-refractivity contribution < 1.29 is 23.1 Å². The second-order valence-corrected chi connectivity index (χ2v) is 8.47. The van der Waals surface area contributed by atoms with Crippen LogP contribution in [-0.4, -0.2) is 37.2 Å². The van der Waals surface area contributed by atoms with E-state index >= 15 is 0 Å². The molecule has 0 aromatic heterocycles. The SMILES string of the molecule is CCS(=O)(=O)c1ccc(CCC(=O)NC(Cc2ccccc2)C(=O)O)cc1. The summed E-state index contributed by atoms with van der Waals surface area (Å²) in [4.78, 5) is 23.8. The summed E-state index contributed by atoms with van der Waals surface area (Å²) in [5.41, 5.74) is 1.65. The Bertz CT molecular complexity index is 876. The van der Waals surface area contributed by atoms with Crippen LogP contribution in [0.1, 0.15) is 24.5 Å². The molecule has 6 nitrogen and oxygen atoms in total. The first-order valence-electron chi connectivity index (χ1n) is 8.69. The number of aryl methyl sites for hydroxylation is 1. The third-order valence-electron chi connectivity index (χ3n) is 4.22. The normalized spacial score (nSPS) is 12.3. The van der Waals surface area contributed by atoms with Crippen molar-refractivity contribution >= 4 is 21.7 Å². The zero-order chi connectivity index (χ0) is 19.9. The van der Waals surface area contributed by atoms with Crippen molar-refractivity contribution in [2.45, 2.75) is 37.1 Å². The summed E-state index contributed by atoms with van der Waals surface area (Å²) < 4.78 is 23.6. The quantitative estimate of drug-likeness (QED) is 0.685. The lowest BCUT2D eigenvalue weighted by Crippen LogP contribution is -2.42. The molecule has 0 spiro atoms. The average molecular weight is 389 g/mol. The smallest absolute Gasteiger partial charge is 0.326 e. The van der Waals surface area contributed by atoms with Crippen LogP contribution in [0, 0.1) is 0 Å². The first-order chi connectivity index (χ1) is 12.8. The van der Waals surface area contributed by atoms with Crippen molar-refractivity contribution in [3.05, 3.63) is 65.7 Å². The highest BCUT2D eigenvalue weighted by Gasteiger charge is 2.20. The molecule has 0 saturated heterocycles. The molecule has 0 aliphatic heterocycles. The Balaban J connectivity index is 1.91. The fourth-order valence-electron chi connectivity index (χ4n) is 2.60. The van der Waals surface area contributed by atoms with E-state index in [1.165, 1.54) is 12.1 Å². The minimum atomic E-state index is -3.25. The molecule has 1 amide bonds. The van der Waals surface area contributed by atoms with E-state index < -0.39 is 21.8 Å². The van der Waals surface area contributed by atoms with Gasteiger partial charge in [-0.05, 0) is 29.7 Å². The van der Waals surface area contributed by atoms with Crippen LogP contribution in [-0.2, 0) is 32.3 Å². The predicted octanol–water partition coefficient (Wildman–Crippen LogP) is 2.22. The molecule has 144 valence electrons. The van der Waals surface area contributed by atoms with Gasteiger partial charge in [-0.2, -0.15) is 0 Å². The maximum Gasteiger partial charge on any atom is 0.326 e. The molecule has 0 saturated carbocycles. The van der Waals surface area contributed by atoms with Crippen LogP contribution >= 0.6 is 0 Å². The molecule has 27 heavy (non-hydrogen) atoms. The number of hydrogen-bond acceptors (Lipinski definition) is 4. The lowest BCUT2D eigenvalue weighted by Gasteiger charge is -2.14. The van der Waals surface area contributed by atoms with Gasteiger partial charge in [-0.25, -0.2) is 13.2 Å². The molecule has 2 aromatic rings. The molecule has 2 rings (SSSR count). The van der Waals surface area contributed by atoms with Gasteiger partial charge in [-0.3, -0.25) is 4.79 Å². The number of sulfone groups is 1. The number of carboxylic acid groups (broad SMARTS) is 1. The maximum absolute atomic E-state index is 12.1. The van der Waals surface area contributed by atoms with Crippen molar-refractivity contribution in [3.8, 4) is 0 Å². The van der Waals surface area contributed by atoms with Gasteiger partial charge in [0.25, 0.3) is 0 Å². The number of aliphatic carboxylic acids is 1. The Labute approximate surface area is 159 Å². The second-order valence-electron chi connectivity index (χ2n) is 6.20. The molecular weight excluding hydrogens is 366 g/mol. The number of carbonyl (C=O) groups is 2. The van der Waals surface area contributed by atoms with E-state index in [9.17, 15) is 23.1 Å². The molecule has 0 radical (unpaired) electrons. The van der Waals surface area contributed by atoms with E-state index in [-0.39, 0.29) is 29.4 Å². The highest BCUT2D eigenvalue weighted by molar-refractivity contribution is 7.91. The standard InChI is InChI=1S/C20H23NO5S/c1-2-27(25,26)17-11-8-15(9-12-17)10-13-19(22)21-18(20(23)24)14-16-6-4-3-5-7-16/h3-9,11-12,18H,2,10,13-14H2,1H3,(H,21,22)(H,23,24). The molecule has 1 unspecified atom stereocenters. The van der Waals surface area contributed by atoms with Crippen molar-refractivity contribution in [1.29, 1.82) is 0 Å². The Morgan fingerprint density at radius 1 is 1.00 bits per heavy atom. The Kier molecular flexibility index (Phi) is 7.12. The largest absolute Gasteiger partial charge is 0.480 e. The number of carbonyl (C=O) groups excluding carboxylic acids is 1. The van der Waals surface area contributed by atoms with Crippen LogP contribution in [0.15, 0.2) is 59.5 Å². The number of amides is 1. The van der Waals surface area contributed by atoms with Gasteiger partial charge in [0, 0.05) is 12.8 Å². The summed E-state index contributed by atoms with van der Waals surface area (Å²) in [6.07, 6.45) is 0.736. The summed E-state index contributed by atoms with van der Waals surface area (Å²) in [7, 11) is -3.25. The zero-order valence-electron chi connectivity index (χ0n) is 15.1. The van der Waals surface area contributed by atoms with Gasteiger partial charge in [0.15, 0.2) is 9.84 Å². The highest BCUT2D eigenvalue weighted by atomic mass is 32.2. The second kappa shape index (κ2) is 9.32. The van der Waals surface area contributed by atoms with Crippen LogP contribution in [0.25, 0.3) is 0 Å². The van der Waals surface area contributed by atoms with Gasteiger partial charge in [-0.1, -0.05) is 49.4 Å². The summed E-state index contributed by atoms with van der Waals surface area (Å²) in [6, 6.07) is 14.5. The van der Waals surface area contributed by atoms with E-state index in [1.807, 2.05) is 30.3 Å². The number of rotatable bonds is 9. The van der Waals surface area contributed by atoms with E-state index in [1.54, 1.807) is 19.1 Å². The van der Waals surface area contributed by atoms with Crippen LogP contribution in [0.4, 0.5) is 0 Å². The van der Waals surface area contributed by atoms with Crippen molar-refractivity contribution in [3.63, 3.8) is 0 Å². The molecule has 0 bridgehead atoms. The first-order valence-corrected chi connectivity index (χ1v) is 10.3. The monoisotopic (exact) mass is 389 g/mol.